The van der Waals surface area contributed by atoms with Gasteiger partial charge in [0.2, 0.25) is 5.95 Å². The minimum atomic E-state index is -0.753. The molecule has 1 aromatic heterocycles. The highest BCUT2D eigenvalue weighted by Crippen LogP contribution is 2.36. The lowest BCUT2D eigenvalue weighted by Gasteiger charge is -2.41. The summed E-state index contributed by atoms with van der Waals surface area (Å²) in [5, 5.41) is 15.1. The molecule has 2 aliphatic heterocycles. The molecule has 1 aliphatic carbocycles. The zero-order chi connectivity index (χ0) is 23.7. The van der Waals surface area contributed by atoms with Gasteiger partial charge in [-0.15, -0.1) is 0 Å². The van der Waals surface area contributed by atoms with E-state index in [1.807, 2.05) is 6.07 Å². The van der Waals surface area contributed by atoms with Crippen LogP contribution in [0.3, 0.4) is 0 Å². The van der Waals surface area contributed by atoms with Gasteiger partial charge < -0.3 is 20.9 Å². The summed E-state index contributed by atoms with van der Waals surface area (Å²) in [6.45, 7) is 4.06. The molecule has 4 N–H and O–H groups in total. The summed E-state index contributed by atoms with van der Waals surface area (Å²) in [6.07, 6.45) is 7.68. The Hall–Kier alpha value is -1.97. The average molecular weight is 505 g/mol. The van der Waals surface area contributed by atoms with Crippen LogP contribution in [-0.2, 0) is 4.74 Å². The zero-order valence-electron chi connectivity index (χ0n) is 19.0. The predicted molar refractivity (Wildman–Crippen MR) is 136 cm³/mol. The lowest BCUT2D eigenvalue weighted by atomic mass is 9.80. The van der Waals surface area contributed by atoms with E-state index < -0.39 is 5.60 Å². The molecule has 3 fully saturated rings. The van der Waals surface area contributed by atoms with E-state index in [2.05, 4.69) is 31.2 Å². The number of anilines is 1. The van der Waals surface area contributed by atoms with Crippen molar-refractivity contribution in [1.82, 2.24) is 14.9 Å². The van der Waals surface area contributed by atoms with E-state index in [0.717, 1.165) is 79.9 Å². The van der Waals surface area contributed by atoms with Gasteiger partial charge in [0.05, 0.1) is 42.6 Å². The molecule has 0 bridgehead atoms. The molecule has 1 saturated carbocycles. The molecule has 0 spiro atoms. The first-order valence-corrected chi connectivity index (χ1v) is 12.6. The van der Waals surface area contributed by atoms with Crippen LogP contribution in [-0.4, -0.2) is 69.6 Å². The number of halogens is 2. The highest BCUT2D eigenvalue weighted by molar-refractivity contribution is 6.69. The first-order chi connectivity index (χ1) is 16.4. The standard InChI is InChI=1S/C24H30Cl2N6O2/c25-19-8-16-11-28-23(31-21(10-27)22(26)29-14-24(33)4-1-5-24)30-20(16)9-18(19)15-2-6-32(7-3-15)17-12-34-13-17/h8-11,15,17,33H,1-7,12-14,27H2,(H,28,30,31)/b21-10+,29-22?. The third kappa shape index (κ3) is 5.02. The largest absolute Gasteiger partial charge is 0.403 e. The number of benzene rings is 1. The van der Waals surface area contributed by atoms with Crippen LogP contribution >= 0.6 is 23.2 Å². The number of aromatic nitrogens is 2. The molecule has 2 saturated heterocycles. The predicted octanol–water partition coefficient (Wildman–Crippen LogP) is 3.63. The number of aliphatic imine (C=N–C) groups is 1. The fourth-order valence-corrected chi connectivity index (χ4v) is 5.27. The van der Waals surface area contributed by atoms with Crippen LogP contribution in [0.25, 0.3) is 10.9 Å². The normalized spacial score (nSPS) is 22.4. The number of fused-ring (bicyclic) bond motifs is 1. The Kier molecular flexibility index (Phi) is 6.95. The van der Waals surface area contributed by atoms with Crippen LogP contribution in [0.5, 0.6) is 0 Å². The number of piperidine rings is 1. The van der Waals surface area contributed by atoms with E-state index in [1.54, 1.807) is 6.20 Å². The van der Waals surface area contributed by atoms with Crippen LogP contribution in [0.1, 0.15) is 43.6 Å². The maximum absolute atomic E-state index is 10.3. The summed E-state index contributed by atoms with van der Waals surface area (Å²) in [7, 11) is 0. The summed E-state index contributed by atoms with van der Waals surface area (Å²) in [4.78, 5) is 15.9. The van der Waals surface area contributed by atoms with Gasteiger partial charge in [0.15, 0.2) is 0 Å². The zero-order valence-corrected chi connectivity index (χ0v) is 20.5. The molecule has 2 aromatic rings. The smallest absolute Gasteiger partial charge is 0.227 e. The van der Waals surface area contributed by atoms with Gasteiger partial charge in [-0.3, -0.25) is 9.89 Å². The highest BCUT2D eigenvalue weighted by atomic mass is 35.5. The second-order valence-electron chi connectivity index (χ2n) is 9.52. The third-order valence-electron chi connectivity index (χ3n) is 7.24. The second-order valence-corrected chi connectivity index (χ2v) is 10.3. The molecule has 3 aliphatic rings. The molecule has 3 heterocycles. The van der Waals surface area contributed by atoms with E-state index in [-0.39, 0.29) is 11.7 Å². The number of nitrogens with zero attached hydrogens (tertiary/aromatic N) is 4. The van der Waals surface area contributed by atoms with Gasteiger partial charge in [-0.1, -0.05) is 23.2 Å². The van der Waals surface area contributed by atoms with Crippen LogP contribution in [0.4, 0.5) is 5.95 Å². The van der Waals surface area contributed by atoms with Crippen LogP contribution in [0, 0.1) is 0 Å². The quantitative estimate of drug-likeness (QED) is 0.493. The van der Waals surface area contributed by atoms with Gasteiger partial charge in [0.1, 0.15) is 5.17 Å². The van der Waals surface area contributed by atoms with Gasteiger partial charge in [-0.05, 0) is 68.8 Å². The van der Waals surface area contributed by atoms with Crippen molar-refractivity contribution in [3.05, 3.63) is 40.8 Å². The minimum Gasteiger partial charge on any atom is -0.403 e. The van der Waals surface area contributed by atoms with E-state index in [9.17, 15) is 5.11 Å². The summed E-state index contributed by atoms with van der Waals surface area (Å²) >= 11 is 13.0. The molecule has 8 nitrogen and oxygen atoms in total. The van der Waals surface area contributed by atoms with Crippen LogP contribution in [0.15, 0.2) is 35.2 Å². The number of nitrogens with one attached hydrogen (secondary N) is 1. The number of likely N-dealkylation sites (tertiary alicyclic amines) is 1. The molecule has 5 rings (SSSR count). The molecule has 0 radical (unpaired) electrons. The Bertz CT molecular complexity index is 1110. The van der Waals surface area contributed by atoms with Gasteiger partial charge in [0.25, 0.3) is 0 Å². The number of aliphatic hydroxyl groups is 1. The topological polar surface area (TPSA) is 109 Å². The van der Waals surface area contributed by atoms with Gasteiger partial charge in [0, 0.05) is 22.8 Å². The first kappa shape index (κ1) is 23.8. The first-order valence-electron chi connectivity index (χ1n) is 11.8. The molecular weight excluding hydrogens is 475 g/mol. The second kappa shape index (κ2) is 9.95. The van der Waals surface area contributed by atoms with Crippen LogP contribution < -0.4 is 11.1 Å². The maximum atomic E-state index is 10.3. The molecule has 182 valence electrons. The lowest BCUT2D eigenvalue weighted by Crippen LogP contribution is -2.51. The molecule has 1 aromatic carbocycles. The summed E-state index contributed by atoms with van der Waals surface area (Å²) in [6, 6.07) is 4.59. The van der Waals surface area contributed by atoms with Gasteiger partial charge in [-0.2, -0.15) is 0 Å². The van der Waals surface area contributed by atoms with E-state index in [0.29, 0.717) is 23.6 Å². The van der Waals surface area contributed by atoms with Crippen molar-refractivity contribution in [3.8, 4) is 0 Å². The molecule has 34 heavy (non-hydrogen) atoms. The van der Waals surface area contributed by atoms with Crippen molar-refractivity contribution >= 4 is 45.2 Å². The third-order valence-corrected chi connectivity index (χ3v) is 7.89. The van der Waals surface area contributed by atoms with E-state index in [1.165, 1.54) is 6.20 Å². The lowest BCUT2D eigenvalue weighted by molar-refractivity contribution is -0.0712. The average Bonchev–Trinajstić information content (AvgIpc) is 2.79. The molecule has 0 unspecified atom stereocenters. The number of nitrogens with two attached hydrogens (primary N) is 1. The Morgan fingerprint density at radius 3 is 2.71 bits per heavy atom. The van der Waals surface area contributed by atoms with E-state index >= 15 is 0 Å². The number of hydrogen-bond donors (Lipinski definition) is 3. The molecular formula is C24H30Cl2N6O2. The van der Waals surface area contributed by atoms with Crippen molar-refractivity contribution in [1.29, 1.82) is 0 Å². The maximum Gasteiger partial charge on any atom is 0.227 e. The summed E-state index contributed by atoms with van der Waals surface area (Å²) in [5.74, 6) is 0.770. The SMILES string of the molecule is N/C=C(/Nc1ncc2cc(Cl)c(C3CCN(C4COC4)CC3)cc2n1)C(Cl)=NCC1(O)CCC1. The molecule has 0 atom stereocenters. The number of hydrogen-bond acceptors (Lipinski definition) is 8. The number of allylic oxidation sites excluding steroid dienone is 1. The molecule has 0 amide bonds. The minimum absolute atomic E-state index is 0.187. The van der Waals surface area contributed by atoms with Gasteiger partial charge >= 0.3 is 0 Å². The van der Waals surface area contributed by atoms with Crippen molar-refractivity contribution in [2.24, 2.45) is 10.7 Å². The Morgan fingerprint density at radius 2 is 2.09 bits per heavy atom. The Morgan fingerprint density at radius 1 is 1.32 bits per heavy atom. The fourth-order valence-electron chi connectivity index (χ4n) is 4.78. The number of rotatable bonds is 7. The van der Waals surface area contributed by atoms with E-state index in [4.69, 9.17) is 33.7 Å². The summed E-state index contributed by atoms with van der Waals surface area (Å²) in [5.41, 5.74) is 7.35. The number of ether oxygens (including phenoxy) is 1. The molecule has 10 heteroatoms. The Labute approximate surface area is 209 Å². The highest BCUT2D eigenvalue weighted by Gasteiger charge is 2.34. The van der Waals surface area contributed by atoms with Gasteiger partial charge in [-0.25, -0.2) is 9.97 Å². The fraction of sp³-hybridized carbons (Fsp3) is 0.542. The van der Waals surface area contributed by atoms with Crippen molar-refractivity contribution < 1.29 is 9.84 Å². The summed E-state index contributed by atoms with van der Waals surface area (Å²) < 4.78 is 5.34. The van der Waals surface area contributed by atoms with Crippen molar-refractivity contribution in [2.75, 3.05) is 38.2 Å². The van der Waals surface area contributed by atoms with Crippen molar-refractivity contribution in [2.45, 2.75) is 49.7 Å². The van der Waals surface area contributed by atoms with Crippen molar-refractivity contribution in [3.63, 3.8) is 0 Å². The monoisotopic (exact) mass is 504 g/mol. The Balaban J connectivity index is 1.30. The van der Waals surface area contributed by atoms with Crippen LogP contribution in [0.2, 0.25) is 5.02 Å².